The third kappa shape index (κ3) is 5.76. The molecule has 9 heteroatoms. The number of aromatic carboxylic acids is 1. The van der Waals surface area contributed by atoms with Gasteiger partial charge in [0.1, 0.15) is 6.54 Å². The van der Waals surface area contributed by atoms with Gasteiger partial charge in [-0.05, 0) is 7.05 Å². The predicted molar refractivity (Wildman–Crippen MR) is 69.4 cm³/mol. The van der Waals surface area contributed by atoms with Crippen LogP contribution in [-0.4, -0.2) is 77.3 Å². The molecular weight excluding hydrogens is 266 g/mol. The highest BCUT2D eigenvalue weighted by Gasteiger charge is 2.10. The lowest BCUT2D eigenvalue weighted by Crippen LogP contribution is -2.36. The highest BCUT2D eigenvalue weighted by atomic mass is 16.5. The number of nitrogens with one attached hydrogen (secondary N) is 1. The lowest BCUT2D eigenvalue weighted by molar-refractivity contribution is -0.121. The molecule has 1 amide bonds. The number of hydrogen-bond donors (Lipinski definition) is 2. The molecule has 20 heavy (non-hydrogen) atoms. The number of carboxylic acids is 1. The van der Waals surface area contributed by atoms with E-state index >= 15 is 0 Å². The van der Waals surface area contributed by atoms with Crippen molar-refractivity contribution in [3.63, 3.8) is 0 Å². The molecular formula is C11H19N5O4. The minimum Gasteiger partial charge on any atom is -0.476 e. The molecule has 0 spiro atoms. The van der Waals surface area contributed by atoms with Crippen molar-refractivity contribution >= 4 is 11.9 Å². The zero-order valence-corrected chi connectivity index (χ0v) is 11.6. The van der Waals surface area contributed by atoms with Gasteiger partial charge in [-0.3, -0.25) is 4.79 Å². The van der Waals surface area contributed by atoms with E-state index in [1.54, 1.807) is 7.11 Å². The summed E-state index contributed by atoms with van der Waals surface area (Å²) in [6.45, 7) is 2.58. The molecule has 1 rings (SSSR count). The molecule has 0 saturated heterocycles. The molecule has 1 aromatic heterocycles. The van der Waals surface area contributed by atoms with Crippen LogP contribution in [-0.2, 0) is 16.1 Å². The Bertz CT molecular complexity index is 448. The van der Waals surface area contributed by atoms with Crippen LogP contribution >= 0.6 is 0 Å². The molecule has 1 heterocycles. The van der Waals surface area contributed by atoms with Gasteiger partial charge in [0.05, 0.1) is 12.8 Å². The Labute approximate surface area is 116 Å². The second kappa shape index (κ2) is 8.23. The van der Waals surface area contributed by atoms with Crippen LogP contribution in [0.2, 0.25) is 0 Å². The van der Waals surface area contributed by atoms with Crippen molar-refractivity contribution in [2.75, 3.05) is 40.4 Å². The van der Waals surface area contributed by atoms with Crippen LogP contribution in [0.15, 0.2) is 6.20 Å². The van der Waals surface area contributed by atoms with Crippen LogP contribution < -0.4 is 5.32 Å². The first-order chi connectivity index (χ1) is 9.52. The Morgan fingerprint density at radius 1 is 1.50 bits per heavy atom. The molecule has 0 unspecified atom stereocenters. The maximum absolute atomic E-state index is 11.6. The normalized spacial score (nSPS) is 10.8. The summed E-state index contributed by atoms with van der Waals surface area (Å²) in [7, 11) is 3.57. The molecule has 0 atom stereocenters. The van der Waals surface area contributed by atoms with E-state index in [9.17, 15) is 9.59 Å². The van der Waals surface area contributed by atoms with Crippen LogP contribution in [0.25, 0.3) is 0 Å². The Balaban J connectivity index is 2.24. The fourth-order valence-corrected chi connectivity index (χ4v) is 1.42. The van der Waals surface area contributed by atoms with Gasteiger partial charge >= 0.3 is 5.97 Å². The van der Waals surface area contributed by atoms with Crippen molar-refractivity contribution in [2.45, 2.75) is 6.54 Å². The Kier molecular flexibility index (Phi) is 6.60. The first-order valence-electron chi connectivity index (χ1n) is 6.10. The maximum Gasteiger partial charge on any atom is 0.358 e. The molecule has 0 aliphatic heterocycles. The van der Waals surface area contributed by atoms with Gasteiger partial charge in [0.25, 0.3) is 0 Å². The Morgan fingerprint density at radius 2 is 2.25 bits per heavy atom. The third-order valence-electron chi connectivity index (χ3n) is 2.56. The average molecular weight is 285 g/mol. The summed E-state index contributed by atoms with van der Waals surface area (Å²) in [5.41, 5.74) is -0.183. The van der Waals surface area contributed by atoms with Crippen LogP contribution in [0.4, 0.5) is 0 Å². The average Bonchev–Trinajstić information content (AvgIpc) is 2.85. The number of methoxy groups -OCH3 is 1. The Morgan fingerprint density at radius 3 is 2.85 bits per heavy atom. The number of nitrogens with zero attached hydrogens (tertiary/aromatic N) is 4. The molecule has 2 N–H and O–H groups in total. The number of carbonyl (C=O) groups excluding carboxylic acids is 1. The number of hydrogen-bond acceptors (Lipinski definition) is 6. The summed E-state index contributed by atoms with van der Waals surface area (Å²) in [5.74, 6) is -1.41. The molecule has 112 valence electrons. The summed E-state index contributed by atoms with van der Waals surface area (Å²) < 4.78 is 6.13. The summed E-state index contributed by atoms with van der Waals surface area (Å²) in [4.78, 5) is 24.2. The summed E-state index contributed by atoms with van der Waals surface area (Å²) in [6, 6.07) is 0. The van der Waals surface area contributed by atoms with Crippen LogP contribution in [0, 0.1) is 0 Å². The molecule has 0 fully saturated rings. The van der Waals surface area contributed by atoms with Crippen molar-refractivity contribution < 1.29 is 19.4 Å². The Hall–Kier alpha value is -2.00. The molecule has 0 aliphatic rings. The van der Waals surface area contributed by atoms with Crippen molar-refractivity contribution in [1.82, 2.24) is 25.2 Å². The molecule has 0 bridgehead atoms. The van der Waals surface area contributed by atoms with E-state index in [2.05, 4.69) is 15.6 Å². The highest BCUT2D eigenvalue weighted by molar-refractivity contribution is 5.84. The van der Waals surface area contributed by atoms with Gasteiger partial charge in [-0.15, -0.1) is 5.10 Å². The van der Waals surface area contributed by atoms with E-state index in [1.807, 2.05) is 11.9 Å². The lowest BCUT2D eigenvalue weighted by Gasteiger charge is -2.16. The van der Waals surface area contributed by atoms with Crippen molar-refractivity contribution in [1.29, 1.82) is 0 Å². The maximum atomic E-state index is 11.6. The number of ether oxygens (including phenoxy) is 1. The number of rotatable bonds is 9. The van der Waals surface area contributed by atoms with Crippen LogP contribution in [0.5, 0.6) is 0 Å². The molecule has 0 saturated carbocycles. The molecule has 0 aliphatic carbocycles. The first-order valence-corrected chi connectivity index (χ1v) is 6.10. The van der Waals surface area contributed by atoms with E-state index in [1.165, 1.54) is 10.9 Å². The van der Waals surface area contributed by atoms with E-state index in [0.717, 1.165) is 6.54 Å². The monoisotopic (exact) mass is 285 g/mol. The summed E-state index contributed by atoms with van der Waals surface area (Å²) in [6.07, 6.45) is 1.21. The zero-order chi connectivity index (χ0) is 15.0. The zero-order valence-electron chi connectivity index (χ0n) is 11.6. The third-order valence-corrected chi connectivity index (χ3v) is 2.56. The van der Waals surface area contributed by atoms with Gasteiger partial charge in [-0.25, -0.2) is 9.48 Å². The minimum absolute atomic E-state index is 0.0535. The number of likely N-dealkylation sites (N-methyl/N-ethyl adjacent to an activating group) is 1. The largest absolute Gasteiger partial charge is 0.476 e. The first kappa shape index (κ1) is 16.1. The molecule has 0 aromatic carbocycles. The quantitative estimate of drug-likeness (QED) is 0.578. The lowest BCUT2D eigenvalue weighted by atomic mass is 10.4. The highest BCUT2D eigenvalue weighted by Crippen LogP contribution is 1.92. The van der Waals surface area contributed by atoms with Crippen LogP contribution in [0.1, 0.15) is 10.5 Å². The molecule has 9 nitrogen and oxygen atoms in total. The van der Waals surface area contributed by atoms with Crippen LogP contribution in [0.3, 0.4) is 0 Å². The predicted octanol–water partition coefficient (Wildman–Crippen LogP) is -1.33. The van der Waals surface area contributed by atoms with Gasteiger partial charge in [0.2, 0.25) is 5.91 Å². The molecule has 0 radical (unpaired) electrons. The van der Waals surface area contributed by atoms with E-state index in [4.69, 9.17) is 9.84 Å². The van der Waals surface area contributed by atoms with Gasteiger partial charge in [-0.2, -0.15) is 0 Å². The fourth-order valence-electron chi connectivity index (χ4n) is 1.42. The van der Waals surface area contributed by atoms with E-state index in [-0.39, 0.29) is 18.1 Å². The number of aromatic nitrogens is 3. The standard InChI is InChI=1S/C11H19N5O4/c1-15(5-6-20-2)4-3-12-10(17)8-16-7-9(11(18)19)13-14-16/h7H,3-6,8H2,1-2H3,(H,12,17)(H,18,19). The van der Waals surface area contributed by atoms with Gasteiger partial charge in [0.15, 0.2) is 5.69 Å². The fraction of sp³-hybridized carbons (Fsp3) is 0.636. The van der Waals surface area contributed by atoms with Crippen molar-refractivity contribution in [2.24, 2.45) is 0 Å². The topological polar surface area (TPSA) is 110 Å². The van der Waals surface area contributed by atoms with Gasteiger partial charge in [0, 0.05) is 26.7 Å². The number of amides is 1. The number of carbonyl (C=O) groups is 2. The van der Waals surface area contributed by atoms with Gasteiger partial charge < -0.3 is 20.1 Å². The van der Waals surface area contributed by atoms with E-state index < -0.39 is 5.97 Å². The van der Waals surface area contributed by atoms with Crippen molar-refractivity contribution in [3.8, 4) is 0 Å². The second-order valence-electron chi connectivity index (χ2n) is 4.25. The SMILES string of the molecule is COCCN(C)CCNC(=O)Cn1cc(C(=O)O)nn1. The summed E-state index contributed by atoms with van der Waals surface area (Å²) >= 11 is 0. The van der Waals surface area contributed by atoms with E-state index in [0.29, 0.717) is 19.7 Å². The minimum atomic E-state index is -1.17. The summed E-state index contributed by atoms with van der Waals surface area (Å²) in [5, 5.41) is 18.4. The second-order valence-corrected chi connectivity index (χ2v) is 4.25. The van der Waals surface area contributed by atoms with Crippen molar-refractivity contribution in [3.05, 3.63) is 11.9 Å². The molecule has 1 aromatic rings. The van der Waals surface area contributed by atoms with Gasteiger partial charge in [-0.1, -0.05) is 5.21 Å². The smallest absolute Gasteiger partial charge is 0.358 e. The number of carboxylic acid groups (broad SMARTS) is 1.